The fourth-order valence-corrected chi connectivity index (χ4v) is 6.62. The summed E-state index contributed by atoms with van der Waals surface area (Å²) < 4.78 is 15.5. The van der Waals surface area contributed by atoms with Crippen molar-refractivity contribution in [2.24, 2.45) is 5.41 Å². The molecule has 2 N–H and O–H groups in total. The van der Waals surface area contributed by atoms with Crippen LogP contribution in [0.15, 0.2) is 60.7 Å². The van der Waals surface area contributed by atoms with Crippen molar-refractivity contribution >= 4 is 34.9 Å². The molecule has 7 heteroatoms. The van der Waals surface area contributed by atoms with E-state index in [9.17, 15) is 9.90 Å². The van der Waals surface area contributed by atoms with Gasteiger partial charge in [0, 0.05) is 47.7 Å². The number of carbonyl (C=O) groups is 1. The Labute approximate surface area is 227 Å². The second-order valence-corrected chi connectivity index (χ2v) is 12.3. The van der Waals surface area contributed by atoms with E-state index in [0.717, 1.165) is 23.2 Å². The van der Waals surface area contributed by atoms with Crippen LogP contribution in [0.5, 0.6) is 0 Å². The molecule has 2 heterocycles. The largest absolute Gasteiger partial charge is 0.478 e. The Hall–Kier alpha value is -2.60. The Morgan fingerprint density at radius 3 is 2.54 bits per heavy atom. The second kappa shape index (κ2) is 9.61. The predicted octanol–water partition coefficient (Wildman–Crippen LogP) is 7.28. The van der Waals surface area contributed by atoms with Crippen LogP contribution in [-0.4, -0.2) is 30.2 Å². The molecule has 1 unspecified atom stereocenters. The van der Waals surface area contributed by atoms with Crippen molar-refractivity contribution in [1.29, 1.82) is 0 Å². The van der Waals surface area contributed by atoms with E-state index >= 15 is 4.39 Å². The molecule has 3 aromatic rings. The van der Waals surface area contributed by atoms with Crippen LogP contribution in [0.2, 0.25) is 10.0 Å². The molecule has 0 aromatic heterocycles. The van der Waals surface area contributed by atoms with E-state index in [2.05, 4.69) is 37.1 Å². The van der Waals surface area contributed by atoms with Gasteiger partial charge in [-0.2, -0.15) is 0 Å². The summed E-state index contributed by atoms with van der Waals surface area (Å²) >= 11 is 12.8. The van der Waals surface area contributed by atoms with Crippen LogP contribution in [-0.2, 0) is 12.0 Å². The number of anilines is 1. The molecule has 2 aliphatic rings. The number of carboxylic acids is 1. The first-order chi connectivity index (χ1) is 17.5. The van der Waals surface area contributed by atoms with Crippen molar-refractivity contribution in [2.45, 2.75) is 51.1 Å². The van der Waals surface area contributed by atoms with Gasteiger partial charge in [-0.05, 0) is 64.9 Å². The molecule has 0 bridgehead atoms. The smallest absolute Gasteiger partial charge is 0.335 e. The predicted molar refractivity (Wildman–Crippen MR) is 148 cm³/mol. The highest BCUT2D eigenvalue weighted by Gasteiger charge is 2.58. The van der Waals surface area contributed by atoms with Crippen LogP contribution < -0.4 is 10.2 Å². The summed E-state index contributed by atoms with van der Waals surface area (Å²) in [4.78, 5) is 13.6. The molecule has 0 aliphatic carbocycles. The quantitative estimate of drug-likeness (QED) is 0.357. The van der Waals surface area contributed by atoms with Crippen LogP contribution >= 0.6 is 23.2 Å². The van der Waals surface area contributed by atoms with E-state index < -0.39 is 11.4 Å². The molecule has 1 spiro atoms. The van der Waals surface area contributed by atoms with Crippen LogP contribution in [0.25, 0.3) is 0 Å². The maximum Gasteiger partial charge on any atom is 0.335 e. The molecule has 5 rings (SSSR count). The van der Waals surface area contributed by atoms with Gasteiger partial charge in [-0.15, -0.1) is 0 Å². The van der Waals surface area contributed by atoms with Gasteiger partial charge >= 0.3 is 5.97 Å². The zero-order chi connectivity index (χ0) is 26.5. The van der Waals surface area contributed by atoms with Gasteiger partial charge in [-0.1, -0.05) is 68.2 Å². The van der Waals surface area contributed by atoms with Gasteiger partial charge < -0.3 is 15.3 Å². The highest BCUT2D eigenvalue weighted by Crippen LogP contribution is 2.56. The number of hydrogen-bond acceptors (Lipinski definition) is 3. The minimum absolute atomic E-state index is 0.0469. The van der Waals surface area contributed by atoms with Gasteiger partial charge in [0.2, 0.25) is 0 Å². The summed E-state index contributed by atoms with van der Waals surface area (Å²) in [5, 5.41) is 13.8. The minimum atomic E-state index is -0.944. The molecule has 0 radical (unpaired) electrons. The summed E-state index contributed by atoms with van der Waals surface area (Å²) in [5.41, 5.74) is 3.69. The molecular formula is C30H31Cl2FN2O2. The molecular weight excluding hydrogens is 510 g/mol. The average molecular weight is 541 g/mol. The molecule has 37 heavy (non-hydrogen) atoms. The van der Waals surface area contributed by atoms with Crippen molar-refractivity contribution in [3.63, 3.8) is 0 Å². The molecule has 0 saturated carbocycles. The summed E-state index contributed by atoms with van der Waals surface area (Å²) in [6, 6.07) is 18.3. The highest BCUT2D eigenvalue weighted by atomic mass is 35.5. The van der Waals surface area contributed by atoms with Crippen molar-refractivity contribution in [3.05, 3.63) is 98.8 Å². The van der Waals surface area contributed by atoms with Gasteiger partial charge in [-0.3, -0.25) is 0 Å². The third-order valence-corrected chi connectivity index (χ3v) is 8.34. The maximum atomic E-state index is 15.5. The fourth-order valence-electron chi connectivity index (χ4n) is 6.26. The number of halogens is 3. The Bertz CT molecular complexity index is 1340. The molecule has 4 nitrogen and oxygen atoms in total. The van der Waals surface area contributed by atoms with Gasteiger partial charge in [-0.25, -0.2) is 9.18 Å². The van der Waals surface area contributed by atoms with Crippen molar-refractivity contribution in [3.8, 4) is 0 Å². The normalized spacial score (nSPS) is 23.0. The Morgan fingerprint density at radius 2 is 1.86 bits per heavy atom. The summed E-state index contributed by atoms with van der Waals surface area (Å²) in [7, 11) is 0. The van der Waals surface area contributed by atoms with Crippen LogP contribution in [0.1, 0.15) is 60.2 Å². The molecule has 1 fully saturated rings. The van der Waals surface area contributed by atoms with Gasteiger partial charge in [0.15, 0.2) is 0 Å². The van der Waals surface area contributed by atoms with Crippen molar-refractivity contribution in [1.82, 2.24) is 5.32 Å². The lowest BCUT2D eigenvalue weighted by Gasteiger charge is -2.40. The first kappa shape index (κ1) is 26.0. The first-order valence-electron chi connectivity index (χ1n) is 12.5. The number of aromatic carboxylic acids is 1. The number of carboxylic acid groups (broad SMARTS) is 1. The zero-order valence-corrected chi connectivity index (χ0v) is 22.7. The number of nitrogens with zero attached hydrogens (tertiary/aromatic N) is 1. The zero-order valence-electron chi connectivity index (χ0n) is 21.2. The van der Waals surface area contributed by atoms with E-state index in [1.54, 1.807) is 18.2 Å². The van der Waals surface area contributed by atoms with E-state index in [-0.39, 0.29) is 33.8 Å². The van der Waals surface area contributed by atoms with E-state index in [1.807, 2.05) is 36.4 Å². The summed E-state index contributed by atoms with van der Waals surface area (Å²) in [6.07, 6.45) is 0.902. The van der Waals surface area contributed by atoms with Crippen LogP contribution in [0.4, 0.5) is 10.1 Å². The number of fused-ring (bicyclic) bond motifs is 2. The number of nitrogens with one attached hydrogen (secondary N) is 1. The van der Waals surface area contributed by atoms with Crippen molar-refractivity contribution < 1.29 is 14.3 Å². The molecule has 3 atom stereocenters. The first-order valence-corrected chi connectivity index (χ1v) is 13.3. The molecule has 0 amide bonds. The van der Waals surface area contributed by atoms with Crippen LogP contribution in [0.3, 0.4) is 0 Å². The second-order valence-electron chi connectivity index (χ2n) is 11.5. The lowest BCUT2D eigenvalue weighted by molar-refractivity contribution is 0.0697. The fraction of sp³-hybridized carbons (Fsp3) is 0.367. The highest BCUT2D eigenvalue weighted by molar-refractivity contribution is 6.31. The average Bonchev–Trinajstić information content (AvgIpc) is 3.33. The topological polar surface area (TPSA) is 52.6 Å². The van der Waals surface area contributed by atoms with E-state index in [1.165, 1.54) is 0 Å². The Kier molecular flexibility index (Phi) is 6.76. The molecule has 3 aromatic carbocycles. The van der Waals surface area contributed by atoms with E-state index in [4.69, 9.17) is 23.2 Å². The molecule has 194 valence electrons. The Morgan fingerprint density at radius 1 is 1.14 bits per heavy atom. The lowest BCUT2D eigenvalue weighted by Crippen LogP contribution is -2.48. The van der Waals surface area contributed by atoms with Gasteiger partial charge in [0.1, 0.15) is 5.82 Å². The number of hydrogen-bond donors (Lipinski definition) is 2. The van der Waals surface area contributed by atoms with Crippen molar-refractivity contribution in [2.75, 3.05) is 18.0 Å². The summed E-state index contributed by atoms with van der Waals surface area (Å²) in [5.74, 6) is -1.45. The molecule has 2 aliphatic heterocycles. The third kappa shape index (κ3) is 4.73. The number of benzene rings is 3. The van der Waals surface area contributed by atoms with Gasteiger partial charge in [0.25, 0.3) is 0 Å². The minimum Gasteiger partial charge on any atom is -0.478 e. The van der Waals surface area contributed by atoms with E-state index in [0.29, 0.717) is 30.2 Å². The maximum absolute atomic E-state index is 15.5. The standard InChI is InChI=1S/C30H31Cl2FN2O2/c1-29(2,3)14-26-30(23(15-34-26)21-5-4-6-24(32)27(21)33)17-35(25-12-11-20(31)13-22(25)30)16-18-7-9-19(10-8-18)28(36)37/h4-13,23,26,34H,14-17H2,1-3H3,(H,36,37)/t23-,26?,30-/m1/s1. The van der Waals surface area contributed by atoms with Gasteiger partial charge in [0.05, 0.1) is 10.6 Å². The number of rotatable bonds is 5. The summed E-state index contributed by atoms with van der Waals surface area (Å²) in [6.45, 7) is 8.59. The monoisotopic (exact) mass is 540 g/mol. The third-order valence-electron chi connectivity index (χ3n) is 7.81. The van der Waals surface area contributed by atoms with Crippen LogP contribution in [0, 0.1) is 11.2 Å². The lowest BCUT2D eigenvalue weighted by atomic mass is 9.64. The molecule has 1 saturated heterocycles. The Balaban J connectivity index is 1.63. The SMILES string of the molecule is CC(C)(C)CC1NC[C@H](c2cccc(Cl)c2F)[C@]12CN(Cc1ccc(C(=O)O)cc1)c1ccc(Cl)cc12.